The zero-order chi connectivity index (χ0) is 14.8. The molecule has 0 bridgehead atoms. The number of hydrogen-bond acceptors (Lipinski definition) is 5. The summed E-state index contributed by atoms with van der Waals surface area (Å²) in [5, 5.41) is 16.1. The lowest BCUT2D eigenvalue weighted by Gasteiger charge is -2.15. The van der Waals surface area contributed by atoms with E-state index in [0.29, 0.717) is 24.3 Å². The van der Waals surface area contributed by atoms with Crippen LogP contribution in [0, 0.1) is 11.3 Å². The highest BCUT2D eigenvalue weighted by Crippen LogP contribution is 2.22. The lowest BCUT2D eigenvalue weighted by atomic mass is 10.2. The van der Waals surface area contributed by atoms with Gasteiger partial charge in [-0.1, -0.05) is 0 Å². The second kappa shape index (κ2) is 5.25. The van der Waals surface area contributed by atoms with Gasteiger partial charge in [0.25, 0.3) is 0 Å². The Hall–Kier alpha value is -2.88. The summed E-state index contributed by atoms with van der Waals surface area (Å²) in [4.78, 5) is 18.3. The van der Waals surface area contributed by atoms with Gasteiger partial charge in [-0.2, -0.15) is 10.4 Å². The zero-order valence-electron chi connectivity index (χ0n) is 11.5. The van der Waals surface area contributed by atoms with Gasteiger partial charge in [-0.25, -0.2) is 4.98 Å². The molecule has 3 heterocycles. The predicted octanol–water partition coefficient (Wildman–Crippen LogP) is 0.904. The minimum absolute atomic E-state index is 0.00726. The van der Waals surface area contributed by atoms with E-state index in [-0.39, 0.29) is 11.9 Å². The molecule has 2 aromatic heterocycles. The van der Waals surface area contributed by atoms with E-state index in [2.05, 4.69) is 21.5 Å². The van der Waals surface area contributed by atoms with Crippen molar-refractivity contribution in [1.82, 2.24) is 14.8 Å². The Kier molecular flexibility index (Phi) is 3.28. The Balaban J connectivity index is 1.73. The number of carbonyl (C=O) groups is 1. The molecule has 1 aliphatic heterocycles. The zero-order valence-corrected chi connectivity index (χ0v) is 11.5. The molecule has 2 aromatic rings. The molecular formula is C14H14N6O. The first-order valence-corrected chi connectivity index (χ1v) is 6.60. The second-order valence-corrected chi connectivity index (χ2v) is 4.89. The number of aryl methyl sites for hydroxylation is 1. The van der Waals surface area contributed by atoms with E-state index in [1.54, 1.807) is 34.1 Å². The van der Waals surface area contributed by atoms with E-state index in [9.17, 15) is 4.79 Å². The van der Waals surface area contributed by atoms with Crippen molar-refractivity contribution in [2.45, 2.75) is 12.5 Å². The van der Waals surface area contributed by atoms with Crippen molar-refractivity contribution in [2.24, 2.45) is 7.05 Å². The first kappa shape index (κ1) is 13.1. The van der Waals surface area contributed by atoms with Crippen LogP contribution in [0.5, 0.6) is 0 Å². The first-order valence-electron chi connectivity index (χ1n) is 6.60. The number of amides is 1. The molecule has 0 radical (unpaired) electrons. The van der Waals surface area contributed by atoms with Gasteiger partial charge in [-0.05, 0) is 18.6 Å². The van der Waals surface area contributed by atoms with Crippen LogP contribution in [0.4, 0.5) is 11.5 Å². The Morgan fingerprint density at radius 2 is 2.38 bits per heavy atom. The molecule has 7 nitrogen and oxygen atoms in total. The molecule has 1 N–H and O–H groups in total. The number of anilines is 2. The lowest BCUT2D eigenvalue weighted by Crippen LogP contribution is -2.33. The van der Waals surface area contributed by atoms with Gasteiger partial charge in [0.1, 0.15) is 11.9 Å². The molecule has 1 atom stereocenters. The highest BCUT2D eigenvalue weighted by atomic mass is 16.2. The SMILES string of the molecule is Cn1cc(N2CCC(Nc3cc(C#N)ccn3)C2=O)cn1. The van der Waals surface area contributed by atoms with E-state index in [0.717, 1.165) is 5.69 Å². The molecule has 1 fully saturated rings. The van der Waals surface area contributed by atoms with Crippen LogP contribution in [0.1, 0.15) is 12.0 Å². The van der Waals surface area contributed by atoms with E-state index < -0.39 is 0 Å². The van der Waals surface area contributed by atoms with Gasteiger partial charge in [0, 0.05) is 26.0 Å². The Morgan fingerprint density at radius 1 is 1.52 bits per heavy atom. The molecule has 0 spiro atoms. The average molecular weight is 282 g/mol. The smallest absolute Gasteiger partial charge is 0.249 e. The molecule has 3 rings (SSSR count). The monoisotopic (exact) mass is 282 g/mol. The maximum atomic E-state index is 12.4. The summed E-state index contributed by atoms with van der Waals surface area (Å²) in [5.74, 6) is 0.535. The molecule has 1 amide bonds. The summed E-state index contributed by atoms with van der Waals surface area (Å²) >= 11 is 0. The molecule has 1 aliphatic rings. The molecule has 21 heavy (non-hydrogen) atoms. The number of nitriles is 1. The minimum atomic E-state index is -0.327. The lowest BCUT2D eigenvalue weighted by molar-refractivity contribution is -0.117. The number of pyridine rings is 1. The first-order chi connectivity index (χ1) is 10.2. The van der Waals surface area contributed by atoms with Crippen LogP contribution in [-0.4, -0.2) is 33.3 Å². The highest BCUT2D eigenvalue weighted by Gasteiger charge is 2.33. The topological polar surface area (TPSA) is 86.8 Å². The third kappa shape index (κ3) is 2.56. The molecule has 106 valence electrons. The van der Waals surface area contributed by atoms with Gasteiger partial charge in [0.2, 0.25) is 5.91 Å². The van der Waals surface area contributed by atoms with Gasteiger partial charge in [0.05, 0.1) is 23.5 Å². The molecule has 7 heteroatoms. The van der Waals surface area contributed by atoms with Crippen LogP contribution in [0.25, 0.3) is 0 Å². The summed E-state index contributed by atoms with van der Waals surface area (Å²) in [5.41, 5.74) is 1.31. The Bertz CT molecular complexity index is 716. The number of rotatable bonds is 3. The molecule has 0 aromatic carbocycles. The van der Waals surface area contributed by atoms with Crippen molar-refractivity contribution in [3.05, 3.63) is 36.3 Å². The van der Waals surface area contributed by atoms with Crippen molar-refractivity contribution in [2.75, 3.05) is 16.8 Å². The molecule has 0 saturated carbocycles. The maximum absolute atomic E-state index is 12.4. The fourth-order valence-corrected chi connectivity index (χ4v) is 2.38. The normalized spacial score (nSPS) is 17.8. The van der Waals surface area contributed by atoms with Crippen molar-refractivity contribution >= 4 is 17.4 Å². The molecule has 1 saturated heterocycles. The van der Waals surface area contributed by atoms with Gasteiger partial charge in [0.15, 0.2) is 0 Å². The average Bonchev–Trinajstić information content (AvgIpc) is 3.06. The van der Waals surface area contributed by atoms with Crippen molar-refractivity contribution in [3.8, 4) is 6.07 Å². The minimum Gasteiger partial charge on any atom is -0.358 e. The fraction of sp³-hybridized carbons (Fsp3) is 0.286. The highest BCUT2D eigenvalue weighted by molar-refractivity contribution is 6.00. The van der Waals surface area contributed by atoms with Gasteiger partial charge < -0.3 is 10.2 Å². The van der Waals surface area contributed by atoms with Crippen LogP contribution >= 0.6 is 0 Å². The number of nitrogens with zero attached hydrogens (tertiary/aromatic N) is 5. The van der Waals surface area contributed by atoms with E-state index in [1.807, 2.05) is 13.2 Å². The number of carbonyl (C=O) groups excluding carboxylic acids is 1. The summed E-state index contributed by atoms with van der Waals surface area (Å²) in [6.45, 7) is 0.639. The molecule has 0 aliphatic carbocycles. The summed E-state index contributed by atoms with van der Waals surface area (Å²) < 4.78 is 1.67. The molecular weight excluding hydrogens is 268 g/mol. The van der Waals surface area contributed by atoms with Gasteiger partial charge >= 0.3 is 0 Å². The van der Waals surface area contributed by atoms with Crippen LogP contribution < -0.4 is 10.2 Å². The van der Waals surface area contributed by atoms with E-state index in [4.69, 9.17) is 5.26 Å². The van der Waals surface area contributed by atoms with Gasteiger partial charge in [-0.15, -0.1) is 0 Å². The second-order valence-electron chi connectivity index (χ2n) is 4.89. The van der Waals surface area contributed by atoms with Crippen molar-refractivity contribution in [3.63, 3.8) is 0 Å². The number of aromatic nitrogens is 3. The standard InChI is InChI=1S/C14H14N6O/c1-19-9-11(8-17-19)20-5-3-12(14(20)21)18-13-6-10(7-15)2-4-16-13/h2,4,6,8-9,12H,3,5H2,1H3,(H,16,18). The van der Waals surface area contributed by atoms with Crippen LogP contribution in [0.2, 0.25) is 0 Å². The third-order valence-corrected chi connectivity index (χ3v) is 3.42. The Morgan fingerprint density at radius 3 is 3.10 bits per heavy atom. The summed E-state index contributed by atoms with van der Waals surface area (Å²) in [6.07, 6.45) is 5.73. The Labute approximate surface area is 121 Å². The third-order valence-electron chi connectivity index (χ3n) is 3.42. The molecule has 1 unspecified atom stereocenters. The quantitative estimate of drug-likeness (QED) is 0.904. The maximum Gasteiger partial charge on any atom is 0.249 e. The van der Waals surface area contributed by atoms with Crippen LogP contribution in [-0.2, 0) is 11.8 Å². The van der Waals surface area contributed by atoms with Crippen LogP contribution in [0.15, 0.2) is 30.7 Å². The summed E-state index contributed by atoms with van der Waals surface area (Å²) in [7, 11) is 1.82. The number of nitrogens with one attached hydrogen (secondary N) is 1. The van der Waals surface area contributed by atoms with Crippen molar-refractivity contribution < 1.29 is 4.79 Å². The predicted molar refractivity (Wildman–Crippen MR) is 76.5 cm³/mol. The largest absolute Gasteiger partial charge is 0.358 e. The summed E-state index contributed by atoms with van der Waals surface area (Å²) in [6, 6.07) is 4.99. The van der Waals surface area contributed by atoms with Gasteiger partial charge in [-0.3, -0.25) is 9.48 Å². The van der Waals surface area contributed by atoms with E-state index >= 15 is 0 Å². The fourth-order valence-electron chi connectivity index (χ4n) is 2.38. The van der Waals surface area contributed by atoms with E-state index in [1.165, 1.54) is 0 Å². The van der Waals surface area contributed by atoms with Crippen LogP contribution in [0.3, 0.4) is 0 Å². The number of hydrogen-bond donors (Lipinski definition) is 1. The van der Waals surface area contributed by atoms with Crippen molar-refractivity contribution in [1.29, 1.82) is 5.26 Å².